The Morgan fingerprint density at radius 1 is 1.17 bits per heavy atom. The van der Waals surface area contributed by atoms with E-state index in [0.29, 0.717) is 0 Å². The first-order valence-electron chi connectivity index (χ1n) is 7.21. The highest BCUT2D eigenvalue weighted by molar-refractivity contribution is 5.13. The zero-order valence-corrected chi connectivity index (χ0v) is 12.4. The molecule has 0 N–H and O–H groups in total. The molecule has 1 rings (SSSR count). The Balaban J connectivity index is 2.27. The van der Waals surface area contributed by atoms with Crippen LogP contribution in [-0.4, -0.2) is 5.60 Å². The first kappa shape index (κ1) is 15.2. The number of ether oxygens (including phenoxy) is 1. The topological polar surface area (TPSA) is 9.23 Å². The Labute approximate surface area is 113 Å². The minimum Gasteiger partial charge on any atom is -0.371 e. The second kappa shape index (κ2) is 7.58. The summed E-state index contributed by atoms with van der Waals surface area (Å²) in [5.74, 6) is 0.843. The van der Waals surface area contributed by atoms with Crippen LogP contribution in [0.3, 0.4) is 0 Å². The largest absolute Gasteiger partial charge is 0.371 e. The van der Waals surface area contributed by atoms with Crippen LogP contribution in [0.5, 0.6) is 0 Å². The van der Waals surface area contributed by atoms with Crippen molar-refractivity contribution in [3.8, 4) is 0 Å². The maximum absolute atomic E-state index is 6.03. The quantitative estimate of drug-likeness (QED) is 0.614. The predicted octanol–water partition coefficient (Wildman–Crippen LogP) is 5.20. The summed E-state index contributed by atoms with van der Waals surface area (Å²) in [6.45, 7) is 9.72. The van der Waals surface area contributed by atoms with Crippen LogP contribution in [0, 0.1) is 5.92 Å². The number of hydrogen-bond acceptors (Lipinski definition) is 1. The summed E-state index contributed by atoms with van der Waals surface area (Å²) < 4.78 is 6.03. The minimum absolute atomic E-state index is 0.0106. The summed E-state index contributed by atoms with van der Waals surface area (Å²) in [6.07, 6.45) is 5.00. The molecule has 0 aliphatic rings. The van der Waals surface area contributed by atoms with Gasteiger partial charge in [-0.05, 0) is 31.7 Å². The maximum Gasteiger partial charge on any atom is 0.0724 e. The van der Waals surface area contributed by atoms with Crippen LogP contribution in [-0.2, 0) is 11.3 Å². The van der Waals surface area contributed by atoms with Crippen molar-refractivity contribution >= 4 is 0 Å². The SMILES string of the molecule is CCC(C)CCCC(C)(C)OCc1ccccc1. The molecule has 102 valence electrons. The summed E-state index contributed by atoms with van der Waals surface area (Å²) in [6, 6.07) is 10.4. The van der Waals surface area contributed by atoms with E-state index < -0.39 is 0 Å². The van der Waals surface area contributed by atoms with Crippen LogP contribution in [0.25, 0.3) is 0 Å². The van der Waals surface area contributed by atoms with Crippen molar-refractivity contribution in [2.24, 2.45) is 5.92 Å². The van der Waals surface area contributed by atoms with Gasteiger partial charge in [-0.2, -0.15) is 0 Å². The van der Waals surface area contributed by atoms with Gasteiger partial charge in [0.05, 0.1) is 12.2 Å². The van der Waals surface area contributed by atoms with Crippen molar-refractivity contribution in [2.45, 2.75) is 65.6 Å². The van der Waals surface area contributed by atoms with E-state index in [1.54, 1.807) is 0 Å². The summed E-state index contributed by atoms with van der Waals surface area (Å²) >= 11 is 0. The van der Waals surface area contributed by atoms with Gasteiger partial charge < -0.3 is 4.74 Å². The third-order valence-electron chi connectivity index (χ3n) is 3.65. The molecule has 0 saturated heterocycles. The number of rotatable bonds is 8. The summed E-state index contributed by atoms with van der Waals surface area (Å²) in [5, 5.41) is 0. The van der Waals surface area contributed by atoms with E-state index in [9.17, 15) is 0 Å². The zero-order valence-electron chi connectivity index (χ0n) is 12.4. The van der Waals surface area contributed by atoms with Crippen molar-refractivity contribution in [2.75, 3.05) is 0 Å². The van der Waals surface area contributed by atoms with Gasteiger partial charge >= 0.3 is 0 Å². The molecular formula is C17H28O. The van der Waals surface area contributed by atoms with Gasteiger partial charge in [-0.1, -0.05) is 63.4 Å². The molecule has 0 heterocycles. The Hall–Kier alpha value is -0.820. The van der Waals surface area contributed by atoms with Crippen LogP contribution in [0.4, 0.5) is 0 Å². The molecule has 0 bridgehead atoms. The van der Waals surface area contributed by atoms with E-state index in [4.69, 9.17) is 4.74 Å². The van der Waals surface area contributed by atoms with Crippen molar-refractivity contribution in [1.29, 1.82) is 0 Å². The molecule has 0 aromatic heterocycles. The van der Waals surface area contributed by atoms with E-state index in [1.165, 1.54) is 24.8 Å². The molecule has 18 heavy (non-hydrogen) atoms. The van der Waals surface area contributed by atoms with E-state index in [2.05, 4.69) is 52.0 Å². The Morgan fingerprint density at radius 2 is 1.83 bits per heavy atom. The Bertz CT molecular complexity index is 316. The lowest BCUT2D eigenvalue weighted by atomic mass is 9.95. The fourth-order valence-corrected chi connectivity index (χ4v) is 2.01. The average Bonchev–Trinajstić information content (AvgIpc) is 2.37. The van der Waals surface area contributed by atoms with Crippen LogP contribution in [0.1, 0.15) is 58.9 Å². The molecule has 0 aliphatic heterocycles. The molecule has 0 fully saturated rings. The highest BCUT2D eigenvalue weighted by Gasteiger charge is 2.18. The molecule has 0 amide bonds. The van der Waals surface area contributed by atoms with Crippen LogP contribution >= 0.6 is 0 Å². The van der Waals surface area contributed by atoms with Crippen molar-refractivity contribution in [3.05, 3.63) is 35.9 Å². The molecule has 0 aliphatic carbocycles. The third kappa shape index (κ3) is 6.20. The first-order chi connectivity index (χ1) is 8.53. The second-order valence-electron chi connectivity index (χ2n) is 5.94. The van der Waals surface area contributed by atoms with Crippen molar-refractivity contribution in [3.63, 3.8) is 0 Å². The van der Waals surface area contributed by atoms with E-state index in [-0.39, 0.29) is 5.60 Å². The van der Waals surface area contributed by atoms with Gasteiger partial charge in [-0.15, -0.1) is 0 Å². The van der Waals surface area contributed by atoms with Gasteiger partial charge in [0.1, 0.15) is 0 Å². The highest BCUT2D eigenvalue weighted by atomic mass is 16.5. The lowest BCUT2D eigenvalue weighted by Crippen LogP contribution is -2.24. The van der Waals surface area contributed by atoms with Gasteiger partial charge in [0.25, 0.3) is 0 Å². The van der Waals surface area contributed by atoms with Gasteiger partial charge in [-0.25, -0.2) is 0 Å². The molecule has 1 nitrogen and oxygen atoms in total. The van der Waals surface area contributed by atoms with E-state index >= 15 is 0 Å². The fraction of sp³-hybridized carbons (Fsp3) is 0.647. The van der Waals surface area contributed by atoms with Crippen LogP contribution in [0.15, 0.2) is 30.3 Å². The van der Waals surface area contributed by atoms with Crippen molar-refractivity contribution < 1.29 is 4.74 Å². The molecule has 1 aromatic rings. The molecular weight excluding hydrogens is 220 g/mol. The molecule has 0 radical (unpaired) electrons. The molecule has 0 saturated carbocycles. The molecule has 1 heteroatoms. The fourth-order valence-electron chi connectivity index (χ4n) is 2.01. The number of hydrogen-bond donors (Lipinski definition) is 0. The third-order valence-corrected chi connectivity index (χ3v) is 3.65. The highest BCUT2D eigenvalue weighted by Crippen LogP contribution is 2.22. The zero-order chi connectivity index (χ0) is 13.4. The molecule has 1 atom stereocenters. The van der Waals surface area contributed by atoms with Crippen molar-refractivity contribution in [1.82, 2.24) is 0 Å². The lowest BCUT2D eigenvalue weighted by molar-refractivity contribution is -0.0369. The minimum atomic E-state index is -0.0106. The Morgan fingerprint density at radius 3 is 2.44 bits per heavy atom. The van der Waals surface area contributed by atoms with E-state index in [1.807, 2.05) is 6.07 Å². The van der Waals surface area contributed by atoms with Crippen LogP contribution < -0.4 is 0 Å². The van der Waals surface area contributed by atoms with E-state index in [0.717, 1.165) is 18.9 Å². The number of benzene rings is 1. The summed E-state index contributed by atoms with van der Waals surface area (Å²) in [7, 11) is 0. The first-order valence-corrected chi connectivity index (χ1v) is 7.21. The van der Waals surface area contributed by atoms with Gasteiger partial charge in [-0.3, -0.25) is 0 Å². The average molecular weight is 248 g/mol. The maximum atomic E-state index is 6.03. The standard InChI is InChI=1S/C17H28O/c1-5-15(2)10-9-13-17(3,4)18-14-16-11-7-6-8-12-16/h6-8,11-12,15H,5,9-10,13-14H2,1-4H3. The lowest BCUT2D eigenvalue weighted by Gasteiger charge is -2.26. The van der Waals surface area contributed by atoms with Gasteiger partial charge in [0, 0.05) is 0 Å². The van der Waals surface area contributed by atoms with Gasteiger partial charge in [0.15, 0.2) is 0 Å². The molecule has 1 aromatic carbocycles. The molecule has 0 spiro atoms. The Kier molecular flexibility index (Phi) is 6.42. The summed E-state index contributed by atoms with van der Waals surface area (Å²) in [5.41, 5.74) is 1.25. The second-order valence-corrected chi connectivity index (χ2v) is 5.94. The predicted molar refractivity (Wildman–Crippen MR) is 78.6 cm³/mol. The normalized spacial score (nSPS) is 13.6. The summed E-state index contributed by atoms with van der Waals surface area (Å²) in [4.78, 5) is 0. The monoisotopic (exact) mass is 248 g/mol. The smallest absolute Gasteiger partial charge is 0.0724 e. The van der Waals surface area contributed by atoms with Crippen LogP contribution in [0.2, 0.25) is 0 Å². The molecule has 1 unspecified atom stereocenters. The van der Waals surface area contributed by atoms with Gasteiger partial charge in [0.2, 0.25) is 0 Å².